The van der Waals surface area contributed by atoms with Gasteiger partial charge in [-0.05, 0) is 80.4 Å². The number of carbonyl (C=O) groups is 2. The van der Waals surface area contributed by atoms with E-state index in [9.17, 15) is 9.59 Å². The van der Waals surface area contributed by atoms with Crippen molar-refractivity contribution in [3.05, 3.63) is 90.0 Å². The predicted octanol–water partition coefficient (Wildman–Crippen LogP) is 5.16. The Kier molecular flexibility index (Phi) is 7.37. The number of ether oxygens (including phenoxy) is 2. The van der Waals surface area contributed by atoms with Gasteiger partial charge in [-0.2, -0.15) is 0 Å². The molecule has 1 aliphatic heterocycles. The van der Waals surface area contributed by atoms with Crippen LogP contribution in [0.4, 0.5) is 11.4 Å². The molecular formula is C27H28N2O4. The Morgan fingerprint density at radius 1 is 0.970 bits per heavy atom. The van der Waals surface area contributed by atoms with Crippen LogP contribution in [0.1, 0.15) is 40.5 Å². The van der Waals surface area contributed by atoms with Crippen molar-refractivity contribution >= 4 is 23.2 Å². The van der Waals surface area contributed by atoms with Gasteiger partial charge in [0.2, 0.25) is 0 Å². The minimum absolute atomic E-state index is 0.0832. The summed E-state index contributed by atoms with van der Waals surface area (Å²) in [7, 11) is 0. The van der Waals surface area contributed by atoms with E-state index in [0.717, 1.165) is 25.1 Å². The molecule has 1 unspecified atom stereocenters. The van der Waals surface area contributed by atoms with Crippen molar-refractivity contribution in [3.8, 4) is 5.75 Å². The van der Waals surface area contributed by atoms with E-state index >= 15 is 0 Å². The minimum Gasteiger partial charge on any atom is -0.491 e. The lowest BCUT2D eigenvalue weighted by atomic mass is 10.1. The maximum atomic E-state index is 12.9. The van der Waals surface area contributed by atoms with Crippen LogP contribution in [0.25, 0.3) is 0 Å². The highest BCUT2D eigenvalue weighted by Gasteiger charge is 2.17. The molecule has 33 heavy (non-hydrogen) atoms. The molecule has 0 saturated carbocycles. The summed E-state index contributed by atoms with van der Waals surface area (Å²) in [5.41, 5.74) is 2.57. The Balaban J connectivity index is 1.34. The molecule has 6 nitrogen and oxygen atoms in total. The average molecular weight is 445 g/mol. The first kappa shape index (κ1) is 22.6. The fourth-order valence-electron chi connectivity index (χ4n) is 3.77. The first-order valence-corrected chi connectivity index (χ1v) is 11.3. The number of carbonyl (C=O) groups excluding carboxylic acids is 2. The first-order chi connectivity index (χ1) is 16.1. The van der Waals surface area contributed by atoms with Gasteiger partial charge in [0, 0.05) is 35.7 Å². The number of nitrogens with one attached hydrogen (secondary N) is 1. The van der Waals surface area contributed by atoms with Gasteiger partial charge in [0.25, 0.3) is 11.8 Å². The summed E-state index contributed by atoms with van der Waals surface area (Å²) in [5, 5.41) is 2.87. The van der Waals surface area contributed by atoms with E-state index in [1.54, 1.807) is 53.4 Å². The van der Waals surface area contributed by atoms with Crippen LogP contribution in [-0.4, -0.2) is 37.7 Å². The number of benzene rings is 3. The Labute approximate surface area is 194 Å². The third-order valence-corrected chi connectivity index (χ3v) is 5.60. The minimum atomic E-state index is -0.223. The molecule has 1 N–H and O–H groups in total. The number of hydrogen-bond donors (Lipinski definition) is 1. The second-order valence-corrected chi connectivity index (χ2v) is 7.89. The molecule has 2 amide bonds. The lowest BCUT2D eigenvalue weighted by Gasteiger charge is -2.21. The summed E-state index contributed by atoms with van der Waals surface area (Å²) in [5.74, 6) is 0.406. The van der Waals surface area contributed by atoms with Crippen LogP contribution in [0.2, 0.25) is 0 Å². The Morgan fingerprint density at radius 2 is 1.67 bits per heavy atom. The Morgan fingerprint density at radius 3 is 2.30 bits per heavy atom. The van der Waals surface area contributed by atoms with Crippen LogP contribution >= 0.6 is 0 Å². The molecule has 0 aliphatic carbocycles. The van der Waals surface area contributed by atoms with Crippen LogP contribution in [0, 0.1) is 0 Å². The largest absolute Gasteiger partial charge is 0.491 e. The van der Waals surface area contributed by atoms with Crippen molar-refractivity contribution < 1.29 is 19.1 Å². The molecule has 0 bridgehead atoms. The summed E-state index contributed by atoms with van der Waals surface area (Å²) >= 11 is 0. The molecule has 1 fully saturated rings. The second-order valence-electron chi connectivity index (χ2n) is 7.89. The molecular weight excluding hydrogens is 416 g/mol. The summed E-state index contributed by atoms with van der Waals surface area (Å²) in [4.78, 5) is 27.2. The van der Waals surface area contributed by atoms with Crippen LogP contribution < -0.4 is 15.0 Å². The molecule has 1 atom stereocenters. The maximum Gasteiger partial charge on any atom is 0.258 e. The normalized spacial score (nSPS) is 15.1. The van der Waals surface area contributed by atoms with E-state index in [-0.39, 0.29) is 17.9 Å². The quantitative estimate of drug-likeness (QED) is 0.521. The van der Waals surface area contributed by atoms with Gasteiger partial charge in [0.1, 0.15) is 12.4 Å². The van der Waals surface area contributed by atoms with E-state index in [1.807, 2.05) is 37.3 Å². The average Bonchev–Trinajstić information content (AvgIpc) is 3.38. The highest BCUT2D eigenvalue weighted by atomic mass is 16.5. The molecule has 1 saturated heterocycles. The van der Waals surface area contributed by atoms with Crippen molar-refractivity contribution in [2.45, 2.75) is 25.9 Å². The van der Waals surface area contributed by atoms with Gasteiger partial charge in [-0.1, -0.05) is 18.2 Å². The van der Waals surface area contributed by atoms with Gasteiger partial charge in [0.15, 0.2) is 0 Å². The van der Waals surface area contributed by atoms with Gasteiger partial charge in [-0.15, -0.1) is 0 Å². The lowest BCUT2D eigenvalue weighted by Crippen LogP contribution is -2.30. The topological polar surface area (TPSA) is 67.9 Å². The van der Waals surface area contributed by atoms with E-state index in [0.29, 0.717) is 35.7 Å². The zero-order valence-electron chi connectivity index (χ0n) is 18.7. The molecule has 0 spiro atoms. The molecule has 1 aliphatic rings. The summed E-state index contributed by atoms with van der Waals surface area (Å²) < 4.78 is 11.3. The Hall–Kier alpha value is -3.64. The van der Waals surface area contributed by atoms with Crippen molar-refractivity contribution in [3.63, 3.8) is 0 Å². The zero-order valence-corrected chi connectivity index (χ0v) is 18.7. The van der Waals surface area contributed by atoms with Crippen LogP contribution in [0.15, 0.2) is 78.9 Å². The van der Waals surface area contributed by atoms with E-state index in [2.05, 4.69) is 5.32 Å². The van der Waals surface area contributed by atoms with Gasteiger partial charge >= 0.3 is 0 Å². The lowest BCUT2D eigenvalue weighted by molar-refractivity contribution is 0.0679. The van der Waals surface area contributed by atoms with E-state index in [1.165, 1.54) is 0 Å². The summed E-state index contributed by atoms with van der Waals surface area (Å²) in [6.07, 6.45) is 2.25. The number of nitrogens with zero attached hydrogens (tertiary/aromatic N) is 1. The molecule has 170 valence electrons. The number of amides is 2. The Bertz CT molecular complexity index is 1060. The third kappa shape index (κ3) is 5.79. The number of hydrogen-bond acceptors (Lipinski definition) is 4. The zero-order chi connectivity index (χ0) is 23.0. The van der Waals surface area contributed by atoms with Crippen molar-refractivity contribution in [2.75, 3.05) is 30.0 Å². The smallest absolute Gasteiger partial charge is 0.258 e. The van der Waals surface area contributed by atoms with Crippen molar-refractivity contribution in [1.29, 1.82) is 0 Å². The fourth-order valence-corrected chi connectivity index (χ4v) is 3.77. The van der Waals surface area contributed by atoms with Gasteiger partial charge in [-0.3, -0.25) is 9.59 Å². The second kappa shape index (κ2) is 10.8. The number of anilines is 2. The van der Waals surface area contributed by atoms with Crippen LogP contribution in [0.3, 0.4) is 0 Å². The van der Waals surface area contributed by atoms with Crippen molar-refractivity contribution in [1.82, 2.24) is 0 Å². The highest BCUT2D eigenvalue weighted by molar-refractivity contribution is 6.07. The number of para-hydroxylation sites is 1. The molecule has 3 aromatic carbocycles. The van der Waals surface area contributed by atoms with Crippen LogP contribution in [0.5, 0.6) is 5.75 Å². The van der Waals surface area contributed by atoms with Crippen LogP contribution in [-0.2, 0) is 4.74 Å². The summed E-state index contributed by atoms with van der Waals surface area (Å²) in [6.45, 7) is 3.83. The SMILES string of the molecule is CCN(C(=O)c1ccc(NC(=O)c2ccc(OCC3CCCO3)cc2)cc1)c1ccccc1. The van der Waals surface area contributed by atoms with E-state index < -0.39 is 0 Å². The molecule has 0 radical (unpaired) electrons. The first-order valence-electron chi connectivity index (χ1n) is 11.3. The predicted molar refractivity (Wildman–Crippen MR) is 129 cm³/mol. The van der Waals surface area contributed by atoms with Gasteiger partial charge in [-0.25, -0.2) is 0 Å². The van der Waals surface area contributed by atoms with E-state index in [4.69, 9.17) is 9.47 Å². The molecule has 1 heterocycles. The molecule has 4 rings (SSSR count). The standard InChI is InChI=1S/C27H28N2O4/c1-2-29(23-7-4-3-5-8-23)27(31)21-10-14-22(15-11-21)28-26(30)20-12-16-24(17-13-20)33-19-25-9-6-18-32-25/h3-5,7-8,10-17,25H,2,6,9,18-19H2,1H3,(H,28,30). The van der Waals surface area contributed by atoms with Gasteiger partial charge < -0.3 is 19.7 Å². The maximum absolute atomic E-state index is 12.9. The monoisotopic (exact) mass is 444 g/mol. The van der Waals surface area contributed by atoms with Gasteiger partial charge in [0.05, 0.1) is 6.10 Å². The number of rotatable bonds is 8. The molecule has 0 aromatic heterocycles. The molecule has 3 aromatic rings. The highest BCUT2D eigenvalue weighted by Crippen LogP contribution is 2.20. The van der Waals surface area contributed by atoms with Crippen molar-refractivity contribution in [2.24, 2.45) is 0 Å². The summed E-state index contributed by atoms with van der Waals surface area (Å²) in [6, 6.07) is 23.5. The molecule has 6 heteroatoms. The fraction of sp³-hybridized carbons (Fsp3) is 0.259. The third-order valence-electron chi connectivity index (χ3n) is 5.60.